The van der Waals surface area contributed by atoms with Crippen LogP contribution >= 0.6 is 11.8 Å². The number of hydrogen-bond acceptors (Lipinski definition) is 4. The Kier molecular flexibility index (Phi) is 5.79. The van der Waals surface area contributed by atoms with Gasteiger partial charge in [-0.1, -0.05) is 37.4 Å². The largest absolute Gasteiger partial charge is 0.313 e. The van der Waals surface area contributed by atoms with Crippen molar-refractivity contribution in [3.8, 4) is 0 Å². The summed E-state index contributed by atoms with van der Waals surface area (Å²) >= 11 is 1.73. The van der Waals surface area contributed by atoms with E-state index >= 15 is 0 Å². The maximum absolute atomic E-state index is 4.20. The monoisotopic (exact) mass is 251 g/mol. The third-order valence-corrected chi connectivity index (χ3v) is 4.04. The fraction of sp³-hybridized carbons (Fsp3) is 0.692. The topological polar surface area (TPSA) is 37.8 Å². The van der Waals surface area contributed by atoms with Gasteiger partial charge < -0.3 is 5.32 Å². The predicted octanol–water partition coefficient (Wildman–Crippen LogP) is 2.88. The highest BCUT2D eigenvalue weighted by Crippen LogP contribution is 2.17. The van der Waals surface area contributed by atoms with Crippen molar-refractivity contribution in [1.82, 2.24) is 15.3 Å². The van der Waals surface area contributed by atoms with Gasteiger partial charge in [0.15, 0.2) is 5.16 Å². The Bertz CT molecular complexity index is 297. The van der Waals surface area contributed by atoms with E-state index in [4.69, 9.17) is 0 Å². The lowest BCUT2D eigenvalue weighted by Gasteiger charge is -2.15. The highest BCUT2D eigenvalue weighted by molar-refractivity contribution is 7.99. The molecule has 2 rings (SSSR count). The molecular weight excluding hydrogens is 230 g/mol. The van der Waals surface area contributed by atoms with E-state index in [0.717, 1.165) is 23.5 Å². The molecule has 1 heterocycles. The number of aromatic nitrogens is 2. The van der Waals surface area contributed by atoms with Crippen molar-refractivity contribution in [1.29, 1.82) is 0 Å². The maximum atomic E-state index is 4.20. The summed E-state index contributed by atoms with van der Waals surface area (Å²) in [6, 6.07) is 2.60. The van der Waals surface area contributed by atoms with Crippen LogP contribution in [0.25, 0.3) is 0 Å². The fourth-order valence-corrected chi connectivity index (χ4v) is 2.92. The highest BCUT2D eigenvalue weighted by atomic mass is 32.2. The molecule has 0 spiro atoms. The summed E-state index contributed by atoms with van der Waals surface area (Å²) in [5.74, 6) is 1.06. The molecule has 4 heteroatoms. The van der Waals surface area contributed by atoms with Crippen LogP contribution in [0.2, 0.25) is 0 Å². The van der Waals surface area contributed by atoms with E-state index < -0.39 is 0 Å². The van der Waals surface area contributed by atoms with Gasteiger partial charge in [-0.25, -0.2) is 9.97 Å². The summed E-state index contributed by atoms with van der Waals surface area (Å²) in [5.41, 5.74) is 0. The van der Waals surface area contributed by atoms with Crippen LogP contribution in [0.4, 0.5) is 0 Å². The molecule has 0 atom stereocenters. The molecule has 1 fully saturated rings. The minimum Gasteiger partial charge on any atom is -0.313 e. The van der Waals surface area contributed by atoms with E-state index in [-0.39, 0.29) is 0 Å². The molecule has 0 unspecified atom stereocenters. The molecule has 3 nitrogen and oxygen atoms in total. The molecule has 94 valence electrons. The van der Waals surface area contributed by atoms with Crippen molar-refractivity contribution < 1.29 is 0 Å². The first-order valence-electron chi connectivity index (χ1n) is 6.58. The second kappa shape index (κ2) is 7.67. The van der Waals surface area contributed by atoms with E-state index in [9.17, 15) is 0 Å². The lowest BCUT2D eigenvalue weighted by Crippen LogP contribution is -2.30. The molecule has 1 aliphatic rings. The van der Waals surface area contributed by atoms with Gasteiger partial charge in [-0.3, -0.25) is 0 Å². The maximum Gasteiger partial charge on any atom is 0.187 e. The number of hydrogen-bond donors (Lipinski definition) is 1. The molecule has 1 aliphatic carbocycles. The molecule has 0 bridgehead atoms. The summed E-state index contributed by atoms with van der Waals surface area (Å²) in [7, 11) is 0. The lowest BCUT2D eigenvalue weighted by atomic mass is 10.1. The number of thioether (sulfide) groups is 1. The number of nitrogens with one attached hydrogen (secondary N) is 1. The quantitative estimate of drug-likeness (QED) is 0.378. The number of rotatable bonds is 5. The standard InChI is InChI=1S/C13H21N3S/c1-2-4-7-12(6-3-1)14-10-11-17-13-15-8-5-9-16-13/h5,8-9,12,14H,1-4,6-7,10-11H2. The minimum absolute atomic E-state index is 0.745. The summed E-state index contributed by atoms with van der Waals surface area (Å²) in [5, 5.41) is 4.54. The van der Waals surface area contributed by atoms with Crippen LogP contribution in [0.15, 0.2) is 23.6 Å². The molecule has 1 aromatic rings. The molecular formula is C13H21N3S. The smallest absolute Gasteiger partial charge is 0.187 e. The fourth-order valence-electron chi connectivity index (χ4n) is 2.25. The third kappa shape index (κ3) is 5.04. The van der Waals surface area contributed by atoms with E-state index in [1.807, 2.05) is 6.07 Å². The lowest BCUT2D eigenvalue weighted by molar-refractivity contribution is 0.474. The van der Waals surface area contributed by atoms with Crippen molar-refractivity contribution >= 4 is 11.8 Å². The van der Waals surface area contributed by atoms with Crippen LogP contribution in [-0.2, 0) is 0 Å². The molecule has 17 heavy (non-hydrogen) atoms. The van der Waals surface area contributed by atoms with Gasteiger partial charge in [0.05, 0.1) is 0 Å². The minimum atomic E-state index is 0.745. The Morgan fingerprint density at radius 1 is 1.12 bits per heavy atom. The molecule has 0 aliphatic heterocycles. The van der Waals surface area contributed by atoms with Gasteiger partial charge in [0, 0.05) is 30.7 Å². The van der Waals surface area contributed by atoms with Crippen LogP contribution < -0.4 is 5.32 Å². The van der Waals surface area contributed by atoms with Gasteiger partial charge in [0.2, 0.25) is 0 Å². The molecule has 1 aromatic heterocycles. The van der Waals surface area contributed by atoms with Crippen molar-refractivity contribution in [2.45, 2.75) is 49.7 Å². The average molecular weight is 251 g/mol. The molecule has 0 aromatic carbocycles. The van der Waals surface area contributed by atoms with Crippen LogP contribution in [0.3, 0.4) is 0 Å². The van der Waals surface area contributed by atoms with E-state index in [1.54, 1.807) is 24.2 Å². The molecule has 0 saturated heterocycles. The second-order valence-corrected chi connectivity index (χ2v) is 5.58. The van der Waals surface area contributed by atoms with Crippen molar-refractivity contribution in [2.24, 2.45) is 0 Å². The molecule has 0 radical (unpaired) electrons. The summed E-state index contributed by atoms with van der Waals surface area (Å²) in [6.45, 7) is 1.06. The van der Waals surface area contributed by atoms with Crippen molar-refractivity contribution in [3.05, 3.63) is 18.5 Å². The highest BCUT2D eigenvalue weighted by Gasteiger charge is 2.10. The van der Waals surface area contributed by atoms with Gasteiger partial charge in [-0.2, -0.15) is 0 Å². The third-order valence-electron chi connectivity index (χ3n) is 3.16. The van der Waals surface area contributed by atoms with Gasteiger partial charge >= 0.3 is 0 Å². The summed E-state index contributed by atoms with van der Waals surface area (Å²) < 4.78 is 0. The zero-order chi connectivity index (χ0) is 11.8. The summed E-state index contributed by atoms with van der Waals surface area (Å²) in [6.07, 6.45) is 11.9. The average Bonchev–Trinajstić information content (AvgIpc) is 2.65. The zero-order valence-corrected chi connectivity index (χ0v) is 11.1. The first-order chi connectivity index (χ1) is 8.45. The molecule has 1 N–H and O–H groups in total. The Morgan fingerprint density at radius 2 is 1.82 bits per heavy atom. The second-order valence-electron chi connectivity index (χ2n) is 4.52. The first-order valence-corrected chi connectivity index (χ1v) is 7.57. The number of nitrogens with zero attached hydrogens (tertiary/aromatic N) is 2. The first kappa shape index (κ1) is 12.8. The van der Waals surface area contributed by atoms with E-state index in [2.05, 4.69) is 15.3 Å². The van der Waals surface area contributed by atoms with E-state index in [0.29, 0.717) is 0 Å². The normalized spacial score (nSPS) is 17.9. The van der Waals surface area contributed by atoms with Crippen molar-refractivity contribution in [2.75, 3.05) is 12.3 Å². The van der Waals surface area contributed by atoms with Gasteiger partial charge in [0.1, 0.15) is 0 Å². The summed E-state index contributed by atoms with van der Waals surface area (Å²) in [4.78, 5) is 8.40. The van der Waals surface area contributed by atoms with Gasteiger partial charge in [-0.15, -0.1) is 0 Å². The van der Waals surface area contributed by atoms with Gasteiger partial charge in [-0.05, 0) is 18.9 Å². The van der Waals surface area contributed by atoms with Crippen LogP contribution in [-0.4, -0.2) is 28.3 Å². The van der Waals surface area contributed by atoms with Crippen LogP contribution in [0.5, 0.6) is 0 Å². The Hall–Kier alpha value is -0.610. The SMILES string of the molecule is c1cnc(SCCNC2CCCCCC2)nc1. The Labute approximate surface area is 108 Å². The van der Waals surface area contributed by atoms with Crippen LogP contribution in [0, 0.1) is 0 Å². The Morgan fingerprint density at radius 3 is 2.53 bits per heavy atom. The Balaban J connectivity index is 1.59. The zero-order valence-electron chi connectivity index (χ0n) is 10.3. The predicted molar refractivity (Wildman–Crippen MR) is 72.2 cm³/mol. The molecule has 0 amide bonds. The van der Waals surface area contributed by atoms with Crippen molar-refractivity contribution in [3.63, 3.8) is 0 Å². The molecule has 1 saturated carbocycles. The van der Waals surface area contributed by atoms with Gasteiger partial charge in [0.25, 0.3) is 0 Å². The van der Waals surface area contributed by atoms with Crippen LogP contribution in [0.1, 0.15) is 38.5 Å². The van der Waals surface area contributed by atoms with E-state index in [1.165, 1.54) is 38.5 Å².